The van der Waals surface area contributed by atoms with Gasteiger partial charge in [0.05, 0.1) is 17.1 Å². The lowest BCUT2D eigenvalue weighted by molar-refractivity contribution is -0.137. The monoisotopic (exact) mass is 496 g/mol. The van der Waals surface area contributed by atoms with E-state index in [9.17, 15) is 14.7 Å². The molecule has 9 heteroatoms. The van der Waals surface area contributed by atoms with Gasteiger partial charge in [-0.2, -0.15) is 9.78 Å². The van der Waals surface area contributed by atoms with E-state index < -0.39 is 5.97 Å². The van der Waals surface area contributed by atoms with Crippen molar-refractivity contribution in [3.63, 3.8) is 0 Å². The minimum atomic E-state index is -0.957. The fraction of sp³-hybridized carbons (Fsp3) is 0.0370. The molecule has 0 bridgehead atoms. The van der Waals surface area contributed by atoms with E-state index in [0.29, 0.717) is 32.8 Å². The maximum atomic E-state index is 13.5. The van der Waals surface area contributed by atoms with Gasteiger partial charge in [-0.3, -0.25) is 9.59 Å². The van der Waals surface area contributed by atoms with Crippen molar-refractivity contribution in [2.45, 2.75) is 6.54 Å². The van der Waals surface area contributed by atoms with Crippen LogP contribution < -0.4 is 5.56 Å². The van der Waals surface area contributed by atoms with Gasteiger partial charge in [0, 0.05) is 33.1 Å². The molecule has 0 aliphatic carbocycles. The second-order valence-corrected chi connectivity index (χ2v) is 8.67. The smallest absolute Gasteiger partial charge is 0.323 e. The molecule has 0 fully saturated rings. The first-order chi connectivity index (χ1) is 17.5. The number of furan rings is 1. The van der Waals surface area contributed by atoms with Gasteiger partial charge >= 0.3 is 5.97 Å². The number of carboxylic acids is 1. The number of para-hydroxylation sites is 2. The van der Waals surface area contributed by atoms with Gasteiger partial charge in [-0.15, -0.1) is 0 Å². The van der Waals surface area contributed by atoms with E-state index in [1.165, 1.54) is 10.9 Å². The second-order valence-electron chi connectivity index (χ2n) is 8.23. The van der Waals surface area contributed by atoms with Crippen molar-refractivity contribution in [2.24, 2.45) is 5.10 Å². The summed E-state index contributed by atoms with van der Waals surface area (Å²) in [4.78, 5) is 29.5. The summed E-state index contributed by atoms with van der Waals surface area (Å²) in [5.41, 5.74) is 2.16. The number of carbonyl (C=O) groups is 1. The number of hydrogen-bond acceptors (Lipinski definition) is 5. The van der Waals surface area contributed by atoms with Crippen LogP contribution in [-0.2, 0) is 11.3 Å². The van der Waals surface area contributed by atoms with Crippen LogP contribution in [0.2, 0.25) is 5.02 Å². The zero-order valence-electron chi connectivity index (χ0n) is 18.6. The van der Waals surface area contributed by atoms with Gasteiger partial charge in [0.2, 0.25) is 5.82 Å². The van der Waals surface area contributed by atoms with Gasteiger partial charge in [-0.1, -0.05) is 41.9 Å². The van der Waals surface area contributed by atoms with Crippen molar-refractivity contribution < 1.29 is 14.3 Å². The first kappa shape index (κ1) is 21.8. The van der Waals surface area contributed by atoms with Crippen molar-refractivity contribution in [3.05, 3.63) is 99.9 Å². The number of halogens is 1. The molecule has 0 atom stereocenters. The molecule has 6 aromatic rings. The Bertz CT molecular complexity index is 1900. The zero-order valence-corrected chi connectivity index (χ0v) is 19.4. The maximum Gasteiger partial charge on any atom is 0.323 e. The molecule has 1 N–H and O–H groups in total. The van der Waals surface area contributed by atoms with Crippen molar-refractivity contribution in [2.75, 3.05) is 0 Å². The van der Waals surface area contributed by atoms with Crippen molar-refractivity contribution in [3.8, 4) is 11.6 Å². The van der Waals surface area contributed by atoms with Gasteiger partial charge in [0.25, 0.3) is 5.56 Å². The first-order valence-corrected chi connectivity index (χ1v) is 11.4. The van der Waals surface area contributed by atoms with E-state index in [1.807, 2.05) is 30.3 Å². The predicted octanol–water partition coefficient (Wildman–Crippen LogP) is 5.38. The van der Waals surface area contributed by atoms with Gasteiger partial charge in [0.1, 0.15) is 12.1 Å². The summed E-state index contributed by atoms with van der Waals surface area (Å²) in [6, 6.07) is 21.5. The summed E-state index contributed by atoms with van der Waals surface area (Å²) in [5.74, 6) is -0.362. The molecule has 0 amide bonds. The van der Waals surface area contributed by atoms with E-state index in [2.05, 4.69) is 10.1 Å². The molecule has 0 aliphatic rings. The average Bonchev–Trinajstić information content (AvgIpc) is 3.44. The molecule has 0 spiro atoms. The van der Waals surface area contributed by atoms with Crippen LogP contribution in [0, 0.1) is 0 Å². The molecular formula is C27H17ClN4O4. The Morgan fingerprint density at radius 3 is 2.67 bits per heavy atom. The van der Waals surface area contributed by atoms with E-state index in [0.717, 1.165) is 16.3 Å². The van der Waals surface area contributed by atoms with Crippen LogP contribution in [0.1, 0.15) is 5.56 Å². The standard InChI is InChI=1S/C27H17ClN4O4/c28-18-9-10-23-16(11-18)12-24(36-23)26-30-21-7-3-1-6-20(21)27(35)32(26)29-13-17-14-31(15-25(33)34)22-8-4-2-5-19(17)22/h1-14H,15H2,(H,33,34). The van der Waals surface area contributed by atoms with E-state index in [-0.39, 0.29) is 17.9 Å². The molecule has 3 aromatic carbocycles. The Balaban J connectivity index is 1.55. The Morgan fingerprint density at radius 2 is 1.83 bits per heavy atom. The number of benzene rings is 3. The topological polar surface area (TPSA) is 103 Å². The Labute approximate surface area is 208 Å². The number of nitrogens with zero attached hydrogens (tertiary/aromatic N) is 4. The highest BCUT2D eigenvalue weighted by Gasteiger charge is 2.17. The molecule has 0 saturated carbocycles. The lowest BCUT2D eigenvalue weighted by atomic mass is 10.2. The first-order valence-electron chi connectivity index (χ1n) is 11.0. The predicted molar refractivity (Wildman–Crippen MR) is 139 cm³/mol. The summed E-state index contributed by atoms with van der Waals surface area (Å²) >= 11 is 6.13. The Morgan fingerprint density at radius 1 is 1.06 bits per heavy atom. The molecule has 176 valence electrons. The second kappa shape index (κ2) is 8.51. The molecule has 3 heterocycles. The van der Waals surface area contributed by atoms with Gasteiger partial charge in [0.15, 0.2) is 5.76 Å². The fourth-order valence-electron chi connectivity index (χ4n) is 4.29. The molecular weight excluding hydrogens is 480 g/mol. The Kier molecular flexibility index (Phi) is 5.16. The van der Waals surface area contributed by atoms with Crippen LogP contribution in [0.4, 0.5) is 0 Å². The molecule has 6 rings (SSSR count). The van der Waals surface area contributed by atoms with Crippen LogP contribution in [-0.4, -0.2) is 31.5 Å². The van der Waals surface area contributed by atoms with Crippen molar-refractivity contribution in [1.82, 2.24) is 14.2 Å². The number of aromatic nitrogens is 3. The molecule has 0 saturated heterocycles. The van der Waals surface area contributed by atoms with Crippen molar-refractivity contribution in [1.29, 1.82) is 0 Å². The molecule has 0 unspecified atom stereocenters. The van der Waals surface area contributed by atoms with Gasteiger partial charge in [-0.05, 0) is 42.5 Å². The van der Waals surface area contributed by atoms with E-state index in [4.69, 9.17) is 16.0 Å². The molecule has 8 nitrogen and oxygen atoms in total. The van der Waals surface area contributed by atoms with Crippen LogP contribution in [0.25, 0.3) is 44.4 Å². The minimum Gasteiger partial charge on any atom is -0.480 e. The van der Waals surface area contributed by atoms with Gasteiger partial charge < -0.3 is 14.1 Å². The summed E-state index contributed by atoms with van der Waals surface area (Å²) in [6.07, 6.45) is 3.23. The average molecular weight is 497 g/mol. The van der Waals surface area contributed by atoms with E-state index in [1.54, 1.807) is 53.2 Å². The molecule has 0 radical (unpaired) electrons. The van der Waals surface area contributed by atoms with Crippen molar-refractivity contribution >= 4 is 56.6 Å². The summed E-state index contributed by atoms with van der Waals surface area (Å²) in [7, 11) is 0. The van der Waals surface area contributed by atoms with E-state index >= 15 is 0 Å². The van der Waals surface area contributed by atoms with Crippen LogP contribution in [0.15, 0.2) is 93.3 Å². The number of carboxylic acid groups (broad SMARTS) is 1. The lowest BCUT2D eigenvalue weighted by Crippen LogP contribution is -2.20. The SMILES string of the molecule is O=C(O)Cn1cc(C=Nn2c(-c3cc4cc(Cl)ccc4o3)nc3ccccc3c2=O)c2ccccc21. The normalized spacial score (nSPS) is 11.8. The fourth-order valence-corrected chi connectivity index (χ4v) is 4.47. The number of rotatable bonds is 5. The quantitative estimate of drug-likeness (QED) is 0.322. The highest BCUT2D eigenvalue weighted by Crippen LogP contribution is 2.29. The lowest BCUT2D eigenvalue weighted by Gasteiger charge is -2.07. The Hall–Kier alpha value is -4.69. The third kappa shape index (κ3) is 3.73. The minimum absolute atomic E-state index is 0.196. The molecule has 3 aromatic heterocycles. The number of aliphatic carboxylic acids is 1. The summed E-state index contributed by atoms with van der Waals surface area (Å²) in [5, 5.41) is 16.3. The highest BCUT2D eigenvalue weighted by atomic mass is 35.5. The number of hydrogen-bond donors (Lipinski definition) is 1. The largest absolute Gasteiger partial charge is 0.480 e. The van der Waals surface area contributed by atoms with Crippen LogP contribution in [0.5, 0.6) is 0 Å². The van der Waals surface area contributed by atoms with Crippen LogP contribution in [0.3, 0.4) is 0 Å². The van der Waals surface area contributed by atoms with Gasteiger partial charge in [-0.25, -0.2) is 4.98 Å². The summed E-state index contributed by atoms with van der Waals surface area (Å²) < 4.78 is 8.83. The maximum absolute atomic E-state index is 13.5. The zero-order chi connectivity index (χ0) is 24.8. The molecule has 0 aliphatic heterocycles. The number of fused-ring (bicyclic) bond motifs is 3. The summed E-state index contributed by atoms with van der Waals surface area (Å²) in [6.45, 7) is -0.196. The third-order valence-electron chi connectivity index (χ3n) is 5.89. The highest BCUT2D eigenvalue weighted by molar-refractivity contribution is 6.31. The molecule has 36 heavy (non-hydrogen) atoms. The third-order valence-corrected chi connectivity index (χ3v) is 6.12. The van der Waals surface area contributed by atoms with Crippen LogP contribution >= 0.6 is 11.6 Å².